The maximum atomic E-state index is 13.0. The smallest absolute Gasteiger partial charge is 0.259 e. The number of nitrogens with two attached hydrogens (primary N) is 1. The van der Waals surface area contributed by atoms with Gasteiger partial charge in [0.05, 0.1) is 22.7 Å². The molecular weight excluding hydrogens is 382 g/mol. The number of amides is 1. The van der Waals surface area contributed by atoms with Gasteiger partial charge in [-0.3, -0.25) is 4.79 Å². The lowest BCUT2D eigenvalue weighted by atomic mass is 10.1. The fourth-order valence-corrected chi connectivity index (χ4v) is 5.16. The van der Waals surface area contributed by atoms with Gasteiger partial charge in [-0.05, 0) is 36.1 Å². The van der Waals surface area contributed by atoms with Gasteiger partial charge in [0.15, 0.2) is 0 Å². The second-order valence-corrected chi connectivity index (χ2v) is 8.71. The molecule has 2 aliphatic rings. The predicted octanol–water partition coefficient (Wildman–Crippen LogP) is 3.01. The first kappa shape index (κ1) is 18.3. The highest BCUT2D eigenvalue weighted by molar-refractivity contribution is 8.04. The molecule has 29 heavy (non-hydrogen) atoms. The Bertz CT molecular complexity index is 1120. The second kappa shape index (κ2) is 7.24. The molecule has 1 amide bonds. The number of aromatic amines is 1. The number of fused-ring (bicyclic) bond motifs is 2. The van der Waals surface area contributed by atoms with Crippen LogP contribution in [0.1, 0.15) is 22.7 Å². The number of aromatic nitrogens is 2. The van der Waals surface area contributed by atoms with Crippen LogP contribution in [0.4, 0.5) is 5.69 Å². The minimum Gasteiger partial charge on any atom is -0.347 e. The summed E-state index contributed by atoms with van der Waals surface area (Å²) in [7, 11) is 0. The van der Waals surface area contributed by atoms with E-state index in [1.165, 1.54) is 5.56 Å². The zero-order valence-electron chi connectivity index (χ0n) is 16.2. The number of carbonyl (C=O) groups is 1. The molecule has 0 radical (unpaired) electrons. The molecule has 2 aromatic heterocycles. The molecule has 7 heteroatoms. The molecule has 0 unspecified atom stereocenters. The molecule has 4 N–H and O–H groups in total. The van der Waals surface area contributed by atoms with Crippen molar-refractivity contribution in [2.75, 3.05) is 17.2 Å². The van der Waals surface area contributed by atoms with Crippen LogP contribution in [0.3, 0.4) is 0 Å². The topological polar surface area (TPSA) is 87.0 Å². The van der Waals surface area contributed by atoms with Crippen molar-refractivity contribution >= 4 is 34.4 Å². The van der Waals surface area contributed by atoms with E-state index in [2.05, 4.69) is 39.2 Å². The number of benzene rings is 1. The van der Waals surface area contributed by atoms with Crippen molar-refractivity contribution in [3.8, 4) is 0 Å². The van der Waals surface area contributed by atoms with Gasteiger partial charge in [0, 0.05) is 36.3 Å². The number of nitrogens with zero attached hydrogens (tertiary/aromatic N) is 2. The third-order valence-electron chi connectivity index (χ3n) is 5.75. The van der Waals surface area contributed by atoms with Crippen LogP contribution in [-0.2, 0) is 11.2 Å². The van der Waals surface area contributed by atoms with Gasteiger partial charge in [-0.2, -0.15) is 0 Å². The van der Waals surface area contributed by atoms with Crippen LogP contribution in [0.15, 0.2) is 53.8 Å². The maximum absolute atomic E-state index is 13.0. The zero-order valence-corrected chi connectivity index (χ0v) is 17.0. The molecule has 0 spiro atoms. The SMILES string of the molecule is Cc1c[nH]c2nccc(N3C=C(C(=O)N[C@H]4Cc5ccccc5[C@H]4N)SCC3)c12. The molecule has 0 saturated heterocycles. The summed E-state index contributed by atoms with van der Waals surface area (Å²) in [5.41, 5.74) is 11.8. The fraction of sp³-hybridized carbons (Fsp3) is 0.273. The average Bonchev–Trinajstić information content (AvgIpc) is 3.28. The van der Waals surface area contributed by atoms with Crippen molar-refractivity contribution in [2.45, 2.75) is 25.4 Å². The van der Waals surface area contributed by atoms with Crippen molar-refractivity contribution in [2.24, 2.45) is 5.73 Å². The van der Waals surface area contributed by atoms with Gasteiger partial charge in [-0.1, -0.05) is 24.3 Å². The van der Waals surface area contributed by atoms with Gasteiger partial charge in [0.1, 0.15) is 5.65 Å². The summed E-state index contributed by atoms with van der Waals surface area (Å²) in [6, 6.07) is 9.93. The van der Waals surface area contributed by atoms with E-state index >= 15 is 0 Å². The Morgan fingerprint density at radius 3 is 3.07 bits per heavy atom. The Balaban J connectivity index is 1.38. The van der Waals surface area contributed by atoms with Crippen molar-refractivity contribution < 1.29 is 4.79 Å². The molecule has 1 aliphatic heterocycles. The van der Waals surface area contributed by atoms with Crippen LogP contribution < -0.4 is 16.0 Å². The van der Waals surface area contributed by atoms with Crippen LogP contribution in [0.5, 0.6) is 0 Å². The number of hydrogen-bond donors (Lipinski definition) is 3. The number of thioether (sulfide) groups is 1. The number of pyridine rings is 1. The Hall–Kier alpha value is -2.77. The van der Waals surface area contributed by atoms with E-state index in [0.29, 0.717) is 0 Å². The average molecular weight is 406 g/mol. The summed E-state index contributed by atoms with van der Waals surface area (Å²) >= 11 is 1.59. The quantitative estimate of drug-likeness (QED) is 0.624. The minimum absolute atomic E-state index is 0.0518. The van der Waals surface area contributed by atoms with Gasteiger partial charge in [0.2, 0.25) is 0 Å². The summed E-state index contributed by atoms with van der Waals surface area (Å²) in [6.45, 7) is 2.92. The highest BCUT2D eigenvalue weighted by Crippen LogP contribution is 2.33. The third kappa shape index (κ3) is 3.20. The molecule has 0 saturated carbocycles. The van der Waals surface area contributed by atoms with E-state index < -0.39 is 0 Å². The van der Waals surface area contributed by atoms with Crippen molar-refractivity contribution in [1.82, 2.24) is 15.3 Å². The lowest BCUT2D eigenvalue weighted by molar-refractivity contribution is -0.117. The van der Waals surface area contributed by atoms with Crippen LogP contribution >= 0.6 is 11.8 Å². The highest BCUT2D eigenvalue weighted by Gasteiger charge is 2.31. The van der Waals surface area contributed by atoms with Crippen LogP contribution in [0.2, 0.25) is 0 Å². The number of H-pyrrole nitrogens is 1. The number of aryl methyl sites for hydroxylation is 1. The molecule has 1 aromatic carbocycles. The summed E-state index contributed by atoms with van der Waals surface area (Å²) in [5, 5.41) is 4.26. The Kier molecular flexibility index (Phi) is 4.56. The monoisotopic (exact) mass is 405 g/mol. The number of hydrogen-bond acceptors (Lipinski definition) is 5. The minimum atomic E-state index is -0.164. The Morgan fingerprint density at radius 2 is 2.21 bits per heavy atom. The molecule has 0 fully saturated rings. The first-order valence-corrected chi connectivity index (χ1v) is 10.8. The maximum Gasteiger partial charge on any atom is 0.259 e. The van der Waals surface area contributed by atoms with E-state index in [1.54, 1.807) is 18.0 Å². The van der Waals surface area contributed by atoms with Gasteiger partial charge in [-0.15, -0.1) is 11.8 Å². The first-order valence-electron chi connectivity index (χ1n) is 9.80. The third-order valence-corrected chi connectivity index (χ3v) is 6.74. The van der Waals surface area contributed by atoms with Crippen LogP contribution in [-0.4, -0.2) is 34.2 Å². The largest absolute Gasteiger partial charge is 0.347 e. The highest BCUT2D eigenvalue weighted by atomic mass is 32.2. The molecule has 1 aliphatic carbocycles. The molecule has 148 valence electrons. The van der Waals surface area contributed by atoms with Gasteiger partial charge < -0.3 is 20.9 Å². The zero-order chi connectivity index (χ0) is 20.0. The van der Waals surface area contributed by atoms with Crippen molar-refractivity contribution in [3.63, 3.8) is 0 Å². The molecule has 3 aromatic rings. The van der Waals surface area contributed by atoms with Crippen LogP contribution in [0.25, 0.3) is 11.0 Å². The summed E-state index contributed by atoms with van der Waals surface area (Å²) in [5.74, 6) is 0.799. The van der Waals surface area contributed by atoms with Crippen molar-refractivity contribution in [1.29, 1.82) is 0 Å². The summed E-state index contributed by atoms with van der Waals surface area (Å²) in [4.78, 5) is 23.5. The lowest BCUT2D eigenvalue weighted by Gasteiger charge is -2.27. The standard InChI is InChI=1S/C22H23N5OS/c1-13-11-25-21-19(13)17(6-7-24-21)27-8-9-29-18(12-27)22(28)26-16-10-14-4-2-3-5-15(14)20(16)23/h2-7,11-12,16,20H,8-10,23H2,1H3,(H,24,25)(H,26,28)/t16-,20+/m0/s1. The Morgan fingerprint density at radius 1 is 1.34 bits per heavy atom. The molecule has 0 bridgehead atoms. The number of rotatable bonds is 3. The molecule has 3 heterocycles. The van der Waals surface area contributed by atoms with Crippen molar-refractivity contribution in [3.05, 3.63) is 70.5 Å². The molecule has 2 atom stereocenters. The molecular formula is C22H23N5OS. The predicted molar refractivity (Wildman–Crippen MR) is 118 cm³/mol. The normalized spacial score (nSPS) is 21.2. The number of nitrogens with one attached hydrogen (secondary N) is 2. The van der Waals surface area contributed by atoms with E-state index in [1.807, 2.05) is 30.6 Å². The lowest BCUT2D eigenvalue weighted by Crippen LogP contribution is -2.42. The van der Waals surface area contributed by atoms with E-state index in [4.69, 9.17) is 5.73 Å². The van der Waals surface area contributed by atoms with Gasteiger partial charge >= 0.3 is 0 Å². The van der Waals surface area contributed by atoms with Gasteiger partial charge in [0.25, 0.3) is 5.91 Å². The molecule has 6 nitrogen and oxygen atoms in total. The summed E-state index contributed by atoms with van der Waals surface area (Å²) in [6.07, 6.45) is 6.50. The summed E-state index contributed by atoms with van der Waals surface area (Å²) < 4.78 is 0. The van der Waals surface area contributed by atoms with E-state index in [9.17, 15) is 4.79 Å². The number of anilines is 1. The molecule has 5 rings (SSSR count). The van der Waals surface area contributed by atoms with Crippen LogP contribution in [0, 0.1) is 6.92 Å². The van der Waals surface area contributed by atoms with E-state index in [0.717, 1.165) is 51.5 Å². The Labute approximate surface area is 173 Å². The number of carbonyl (C=O) groups excluding carboxylic acids is 1. The fourth-order valence-electron chi connectivity index (χ4n) is 4.26. The van der Waals surface area contributed by atoms with E-state index in [-0.39, 0.29) is 18.0 Å². The second-order valence-electron chi connectivity index (χ2n) is 7.57. The van der Waals surface area contributed by atoms with Gasteiger partial charge in [-0.25, -0.2) is 4.98 Å². The first-order chi connectivity index (χ1) is 14.1.